The Labute approximate surface area is 123 Å². The molecule has 2 fully saturated rings. The number of fused-ring (bicyclic) bond motifs is 1. The minimum Gasteiger partial charge on any atom is -0.469 e. The molecule has 21 heavy (non-hydrogen) atoms. The molecule has 1 aliphatic carbocycles. The second-order valence-electron chi connectivity index (χ2n) is 6.40. The predicted molar refractivity (Wildman–Crippen MR) is 71.1 cm³/mol. The highest BCUT2D eigenvalue weighted by Crippen LogP contribution is 2.58. The number of esters is 2. The normalized spacial score (nSPS) is 41.9. The van der Waals surface area contributed by atoms with Gasteiger partial charge in [-0.1, -0.05) is 6.92 Å². The molecule has 0 aromatic rings. The van der Waals surface area contributed by atoms with Crippen molar-refractivity contribution in [1.82, 2.24) is 0 Å². The van der Waals surface area contributed by atoms with E-state index >= 15 is 0 Å². The average molecular weight is 296 g/mol. The fourth-order valence-corrected chi connectivity index (χ4v) is 4.16. The smallest absolute Gasteiger partial charge is 0.317 e. The predicted octanol–water partition coefficient (Wildman–Crippen LogP) is 0.911. The summed E-state index contributed by atoms with van der Waals surface area (Å²) in [5.41, 5.74) is -2.06. The van der Waals surface area contributed by atoms with Crippen molar-refractivity contribution in [2.45, 2.75) is 39.7 Å². The molecule has 0 aromatic heterocycles. The zero-order valence-corrected chi connectivity index (χ0v) is 12.7. The minimum atomic E-state index is -1.05. The van der Waals surface area contributed by atoms with E-state index in [2.05, 4.69) is 0 Å². The Morgan fingerprint density at radius 2 is 2.00 bits per heavy atom. The number of ketones is 1. The second kappa shape index (κ2) is 4.93. The van der Waals surface area contributed by atoms with E-state index in [4.69, 9.17) is 9.47 Å². The maximum atomic E-state index is 12.2. The summed E-state index contributed by atoms with van der Waals surface area (Å²) in [6.45, 7) is 4.65. The summed E-state index contributed by atoms with van der Waals surface area (Å²) in [5.74, 6) is -3.26. The lowest BCUT2D eigenvalue weighted by atomic mass is 9.51. The van der Waals surface area contributed by atoms with Gasteiger partial charge in [-0.2, -0.15) is 0 Å². The van der Waals surface area contributed by atoms with Gasteiger partial charge in [0.1, 0.15) is 24.1 Å². The largest absolute Gasteiger partial charge is 0.469 e. The third kappa shape index (κ3) is 1.92. The van der Waals surface area contributed by atoms with Crippen LogP contribution in [0.5, 0.6) is 0 Å². The molecule has 1 aliphatic heterocycles. The van der Waals surface area contributed by atoms with Gasteiger partial charge in [0.15, 0.2) is 0 Å². The molecule has 1 heterocycles. The lowest BCUT2D eigenvalue weighted by Crippen LogP contribution is -2.56. The first-order valence-corrected chi connectivity index (χ1v) is 6.98. The number of rotatable bonds is 3. The summed E-state index contributed by atoms with van der Waals surface area (Å²) < 4.78 is 10.1. The molecule has 0 bridgehead atoms. The topological polar surface area (TPSA) is 86.7 Å². The SMILES string of the molecule is COC(=O)C1(C)CC[C@@H]2OC(=O)[C@H](C(C)=O)[C@]2(C)C1C=O. The summed E-state index contributed by atoms with van der Waals surface area (Å²) in [7, 11) is 1.27. The molecule has 2 unspecified atom stereocenters. The number of hydrogen-bond acceptors (Lipinski definition) is 6. The van der Waals surface area contributed by atoms with Gasteiger partial charge in [-0.3, -0.25) is 14.4 Å². The van der Waals surface area contributed by atoms with Crippen molar-refractivity contribution in [3.05, 3.63) is 0 Å². The maximum absolute atomic E-state index is 12.2. The molecule has 0 spiro atoms. The van der Waals surface area contributed by atoms with Gasteiger partial charge >= 0.3 is 11.9 Å². The van der Waals surface area contributed by atoms with E-state index in [-0.39, 0.29) is 5.78 Å². The standard InChI is InChI=1S/C15H20O6/c1-8(17)11-12(18)21-10-5-6-14(2,13(19)20-4)9(7-16)15(10,11)3/h7,9-11H,5-6H2,1-4H3/t9?,10-,11-,14?,15+/m0/s1. The van der Waals surface area contributed by atoms with Gasteiger partial charge in [0, 0.05) is 11.3 Å². The molecule has 0 amide bonds. The van der Waals surface area contributed by atoms with Crippen LogP contribution < -0.4 is 0 Å². The molecule has 1 saturated carbocycles. The van der Waals surface area contributed by atoms with Gasteiger partial charge in [-0.05, 0) is 26.7 Å². The lowest BCUT2D eigenvalue weighted by Gasteiger charge is -2.49. The molecule has 0 N–H and O–H groups in total. The van der Waals surface area contributed by atoms with Crippen molar-refractivity contribution in [2.24, 2.45) is 22.7 Å². The quantitative estimate of drug-likeness (QED) is 0.437. The number of Topliss-reactive ketones (excluding diaryl/α,β-unsaturated/α-hetero) is 1. The van der Waals surface area contributed by atoms with Gasteiger partial charge in [0.05, 0.1) is 12.5 Å². The van der Waals surface area contributed by atoms with E-state index in [0.29, 0.717) is 19.1 Å². The molecular formula is C15H20O6. The Morgan fingerprint density at radius 3 is 2.48 bits per heavy atom. The van der Waals surface area contributed by atoms with Crippen LogP contribution in [0.4, 0.5) is 0 Å². The van der Waals surface area contributed by atoms with E-state index < -0.39 is 40.7 Å². The van der Waals surface area contributed by atoms with Crippen LogP contribution in [0.1, 0.15) is 33.6 Å². The Morgan fingerprint density at radius 1 is 1.38 bits per heavy atom. The van der Waals surface area contributed by atoms with E-state index in [1.807, 2.05) is 0 Å². The summed E-state index contributed by atoms with van der Waals surface area (Å²) in [6, 6.07) is 0. The summed E-state index contributed by atoms with van der Waals surface area (Å²) >= 11 is 0. The number of aldehydes is 1. The molecule has 1 saturated heterocycles. The van der Waals surface area contributed by atoms with Crippen LogP contribution in [0.3, 0.4) is 0 Å². The van der Waals surface area contributed by atoms with Crippen LogP contribution in [0.15, 0.2) is 0 Å². The molecule has 0 radical (unpaired) electrons. The second-order valence-corrected chi connectivity index (χ2v) is 6.40. The number of carbonyl (C=O) groups is 4. The Bertz CT molecular complexity index is 512. The van der Waals surface area contributed by atoms with Crippen LogP contribution in [0.2, 0.25) is 0 Å². The van der Waals surface area contributed by atoms with Gasteiger partial charge in [-0.25, -0.2) is 0 Å². The molecule has 0 aromatic carbocycles. The van der Waals surface area contributed by atoms with Crippen LogP contribution in [0, 0.1) is 22.7 Å². The van der Waals surface area contributed by atoms with E-state index in [1.165, 1.54) is 14.0 Å². The fraction of sp³-hybridized carbons (Fsp3) is 0.733. The van der Waals surface area contributed by atoms with Gasteiger partial charge < -0.3 is 14.3 Å². The summed E-state index contributed by atoms with van der Waals surface area (Å²) in [4.78, 5) is 47.8. The van der Waals surface area contributed by atoms with E-state index in [0.717, 1.165) is 0 Å². The zero-order valence-electron chi connectivity index (χ0n) is 12.7. The monoisotopic (exact) mass is 296 g/mol. The van der Waals surface area contributed by atoms with Crippen LogP contribution in [-0.2, 0) is 28.7 Å². The molecule has 116 valence electrons. The van der Waals surface area contributed by atoms with Crippen LogP contribution >= 0.6 is 0 Å². The van der Waals surface area contributed by atoms with Gasteiger partial charge in [0.25, 0.3) is 0 Å². The average Bonchev–Trinajstić information content (AvgIpc) is 2.67. The van der Waals surface area contributed by atoms with Crippen LogP contribution in [-0.4, -0.2) is 37.2 Å². The van der Waals surface area contributed by atoms with Crippen LogP contribution in [0.25, 0.3) is 0 Å². The number of methoxy groups -OCH3 is 1. The third-order valence-corrected chi connectivity index (χ3v) is 5.29. The first-order chi connectivity index (χ1) is 9.73. The molecular weight excluding hydrogens is 276 g/mol. The first-order valence-electron chi connectivity index (χ1n) is 6.98. The maximum Gasteiger partial charge on any atom is 0.317 e. The Balaban J connectivity index is 2.56. The minimum absolute atomic E-state index is 0.342. The van der Waals surface area contributed by atoms with Crippen molar-refractivity contribution in [1.29, 1.82) is 0 Å². The third-order valence-electron chi connectivity index (χ3n) is 5.29. The van der Waals surface area contributed by atoms with Crippen molar-refractivity contribution < 1.29 is 28.7 Å². The highest BCUT2D eigenvalue weighted by atomic mass is 16.6. The van der Waals surface area contributed by atoms with Gasteiger partial charge in [-0.15, -0.1) is 0 Å². The number of hydrogen-bond donors (Lipinski definition) is 0. The van der Waals surface area contributed by atoms with E-state index in [1.54, 1.807) is 13.8 Å². The Kier molecular flexibility index (Phi) is 3.68. The summed E-state index contributed by atoms with van der Waals surface area (Å²) in [6.07, 6.45) is 0.955. The highest BCUT2D eigenvalue weighted by molar-refractivity contribution is 6.01. The molecule has 5 atom stereocenters. The Hall–Kier alpha value is -1.72. The van der Waals surface area contributed by atoms with Crippen molar-refractivity contribution >= 4 is 24.0 Å². The molecule has 6 heteroatoms. The first kappa shape index (κ1) is 15.7. The van der Waals surface area contributed by atoms with Gasteiger partial charge in [0.2, 0.25) is 0 Å². The molecule has 2 aliphatic rings. The van der Waals surface area contributed by atoms with Crippen molar-refractivity contribution in [3.8, 4) is 0 Å². The fourth-order valence-electron chi connectivity index (χ4n) is 4.16. The number of carbonyl (C=O) groups excluding carboxylic acids is 4. The molecule has 6 nitrogen and oxygen atoms in total. The van der Waals surface area contributed by atoms with Crippen molar-refractivity contribution in [3.63, 3.8) is 0 Å². The highest BCUT2D eigenvalue weighted by Gasteiger charge is 2.67. The lowest BCUT2D eigenvalue weighted by molar-refractivity contribution is -0.171. The van der Waals surface area contributed by atoms with E-state index in [9.17, 15) is 19.2 Å². The zero-order chi connectivity index (χ0) is 16.0. The number of ether oxygens (including phenoxy) is 2. The molecule has 2 rings (SSSR count). The van der Waals surface area contributed by atoms with Crippen molar-refractivity contribution in [2.75, 3.05) is 7.11 Å². The summed E-state index contributed by atoms with van der Waals surface area (Å²) in [5, 5.41) is 0.